The van der Waals surface area contributed by atoms with Gasteiger partial charge in [-0.1, -0.05) is 34.1 Å². The predicted octanol–water partition coefficient (Wildman–Crippen LogP) is 3.51. The standard InChI is InChI=1S/C14H24O2/c1-7-8-9-10-11(13(2,3)4)12(15)14(10,5)16-6/h7-9H2,1-6H3. The van der Waals surface area contributed by atoms with Crippen LogP contribution >= 0.6 is 0 Å². The molecule has 0 N–H and O–H groups in total. The summed E-state index contributed by atoms with van der Waals surface area (Å²) in [6.45, 7) is 10.4. The summed E-state index contributed by atoms with van der Waals surface area (Å²) in [7, 11) is 1.63. The van der Waals surface area contributed by atoms with Gasteiger partial charge < -0.3 is 4.74 Å². The van der Waals surface area contributed by atoms with Gasteiger partial charge >= 0.3 is 0 Å². The molecule has 1 aliphatic carbocycles. The van der Waals surface area contributed by atoms with Gasteiger partial charge in [0, 0.05) is 12.7 Å². The van der Waals surface area contributed by atoms with Crippen molar-refractivity contribution in [3.63, 3.8) is 0 Å². The summed E-state index contributed by atoms with van der Waals surface area (Å²) in [5.41, 5.74) is 1.51. The van der Waals surface area contributed by atoms with E-state index in [-0.39, 0.29) is 11.2 Å². The molecular weight excluding hydrogens is 200 g/mol. The third kappa shape index (κ3) is 1.95. The van der Waals surface area contributed by atoms with Gasteiger partial charge in [0.25, 0.3) is 0 Å². The molecule has 0 spiro atoms. The number of ether oxygens (including phenoxy) is 1. The molecule has 2 nitrogen and oxygen atoms in total. The summed E-state index contributed by atoms with van der Waals surface area (Å²) in [6.07, 6.45) is 3.26. The largest absolute Gasteiger partial charge is 0.366 e. The smallest absolute Gasteiger partial charge is 0.195 e. The van der Waals surface area contributed by atoms with Crippen LogP contribution in [0.3, 0.4) is 0 Å². The molecule has 1 atom stereocenters. The van der Waals surface area contributed by atoms with E-state index in [0.29, 0.717) is 0 Å². The van der Waals surface area contributed by atoms with Crippen molar-refractivity contribution in [3.8, 4) is 0 Å². The molecule has 0 aromatic heterocycles. The Morgan fingerprint density at radius 3 is 2.25 bits per heavy atom. The predicted molar refractivity (Wildman–Crippen MR) is 66.4 cm³/mol. The Hall–Kier alpha value is -0.630. The second kappa shape index (κ2) is 4.33. The molecule has 0 bridgehead atoms. The number of ketones is 1. The summed E-state index contributed by atoms with van der Waals surface area (Å²) >= 11 is 0. The third-order valence-corrected chi connectivity index (χ3v) is 3.48. The molecule has 0 amide bonds. The fraction of sp³-hybridized carbons (Fsp3) is 0.786. The first-order chi connectivity index (χ1) is 7.29. The topological polar surface area (TPSA) is 26.3 Å². The molecule has 0 aromatic rings. The van der Waals surface area contributed by atoms with Gasteiger partial charge in [-0.2, -0.15) is 0 Å². The van der Waals surface area contributed by atoms with E-state index < -0.39 is 5.60 Å². The van der Waals surface area contributed by atoms with Crippen molar-refractivity contribution in [3.05, 3.63) is 11.1 Å². The first-order valence-electron chi connectivity index (χ1n) is 6.13. The van der Waals surface area contributed by atoms with Crippen LogP contribution in [0.4, 0.5) is 0 Å². The van der Waals surface area contributed by atoms with Crippen molar-refractivity contribution in [1.29, 1.82) is 0 Å². The number of unbranched alkanes of at least 4 members (excludes halogenated alkanes) is 1. The van der Waals surface area contributed by atoms with E-state index in [4.69, 9.17) is 4.74 Å². The second-order valence-corrected chi connectivity index (χ2v) is 5.77. The SMILES string of the molecule is CCCCC1=C(C(C)(C)C)C(=O)C1(C)OC. The van der Waals surface area contributed by atoms with Gasteiger partial charge in [-0.05, 0) is 30.8 Å². The average molecular weight is 224 g/mol. The first kappa shape index (κ1) is 13.4. The summed E-state index contributed by atoms with van der Waals surface area (Å²) in [4.78, 5) is 12.2. The van der Waals surface area contributed by atoms with Crippen LogP contribution in [-0.2, 0) is 9.53 Å². The van der Waals surface area contributed by atoms with Crippen LogP contribution in [-0.4, -0.2) is 18.5 Å². The van der Waals surface area contributed by atoms with Crippen LogP contribution in [0.5, 0.6) is 0 Å². The quantitative estimate of drug-likeness (QED) is 0.730. The zero-order valence-corrected chi connectivity index (χ0v) is 11.4. The molecule has 0 aromatic carbocycles. The highest BCUT2D eigenvalue weighted by molar-refractivity contribution is 6.13. The van der Waals surface area contributed by atoms with Crippen molar-refractivity contribution >= 4 is 5.78 Å². The molecule has 0 radical (unpaired) electrons. The number of Topliss-reactive ketones (excluding diaryl/α,β-unsaturated/α-hetero) is 1. The zero-order chi connectivity index (χ0) is 12.6. The summed E-state index contributed by atoms with van der Waals surface area (Å²) in [5, 5.41) is 0. The molecular formula is C14H24O2. The van der Waals surface area contributed by atoms with Gasteiger partial charge in [-0.25, -0.2) is 0 Å². The van der Waals surface area contributed by atoms with E-state index in [1.54, 1.807) is 7.11 Å². The maximum atomic E-state index is 12.2. The molecule has 92 valence electrons. The van der Waals surface area contributed by atoms with Gasteiger partial charge in [0.05, 0.1) is 0 Å². The molecule has 2 heteroatoms. The van der Waals surface area contributed by atoms with E-state index >= 15 is 0 Å². The number of rotatable bonds is 4. The lowest BCUT2D eigenvalue weighted by atomic mass is 9.62. The maximum absolute atomic E-state index is 12.2. The summed E-state index contributed by atoms with van der Waals surface area (Å²) < 4.78 is 5.41. The fourth-order valence-electron chi connectivity index (χ4n) is 2.41. The molecule has 0 aliphatic heterocycles. The Kier molecular flexibility index (Phi) is 3.63. The lowest BCUT2D eigenvalue weighted by Gasteiger charge is -2.45. The Morgan fingerprint density at radius 2 is 1.88 bits per heavy atom. The molecule has 16 heavy (non-hydrogen) atoms. The van der Waals surface area contributed by atoms with E-state index in [1.165, 1.54) is 5.57 Å². The van der Waals surface area contributed by atoms with Crippen molar-refractivity contribution in [2.75, 3.05) is 7.11 Å². The van der Waals surface area contributed by atoms with Gasteiger partial charge in [-0.3, -0.25) is 4.79 Å². The molecule has 1 aliphatic rings. The Morgan fingerprint density at radius 1 is 1.31 bits per heavy atom. The van der Waals surface area contributed by atoms with E-state index in [2.05, 4.69) is 27.7 Å². The zero-order valence-electron chi connectivity index (χ0n) is 11.4. The Bertz CT molecular complexity index is 320. The molecule has 1 rings (SSSR count). The third-order valence-electron chi connectivity index (χ3n) is 3.48. The lowest BCUT2D eigenvalue weighted by Crippen LogP contribution is -2.53. The van der Waals surface area contributed by atoms with Crippen LogP contribution in [0.15, 0.2) is 11.1 Å². The van der Waals surface area contributed by atoms with Crippen LogP contribution in [0.25, 0.3) is 0 Å². The van der Waals surface area contributed by atoms with Crippen LogP contribution in [0, 0.1) is 5.41 Å². The Balaban J connectivity index is 3.08. The van der Waals surface area contributed by atoms with Gasteiger partial charge in [-0.15, -0.1) is 0 Å². The highest BCUT2D eigenvalue weighted by Crippen LogP contribution is 2.47. The van der Waals surface area contributed by atoms with Crippen molar-refractivity contribution in [2.45, 2.75) is 59.5 Å². The molecule has 0 fully saturated rings. The second-order valence-electron chi connectivity index (χ2n) is 5.77. The first-order valence-corrected chi connectivity index (χ1v) is 6.13. The maximum Gasteiger partial charge on any atom is 0.195 e. The van der Waals surface area contributed by atoms with Gasteiger partial charge in [0.1, 0.15) is 5.60 Å². The number of methoxy groups -OCH3 is 1. The Labute approximate surface area is 99.1 Å². The molecule has 1 unspecified atom stereocenters. The average Bonchev–Trinajstić information content (AvgIpc) is 2.20. The molecule has 0 saturated heterocycles. The van der Waals surface area contributed by atoms with Crippen LogP contribution < -0.4 is 0 Å². The number of hydrogen-bond acceptors (Lipinski definition) is 2. The summed E-state index contributed by atoms with van der Waals surface area (Å²) in [6, 6.07) is 0. The highest BCUT2D eigenvalue weighted by atomic mass is 16.5. The fourth-order valence-corrected chi connectivity index (χ4v) is 2.41. The minimum atomic E-state index is -0.641. The van der Waals surface area contributed by atoms with E-state index in [1.807, 2.05) is 6.92 Å². The van der Waals surface area contributed by atoms with Crippen LogP contribution in [0.2, 0.25) is 0 Å². The minimum Gasteiger partial charge on any atom is -0.366 e. The molecule has 0 heterocycles. The van der Waals surface area contributed by atoms with Crippen molar-refractivity contribution in [1.82, 2.24) is 0 Å². The van der Waals surface area contributed by atoms with Gasteiger partial charge in [0.15, 0.2) is 5.78 Å². The lowest BCUT2D eigenvalue weighted by molar-refractivity contribution is -0.137. The number of hydrogen-bond donors (Lipinski definition) is 0. The molecule has 0 saturated carbocycles. The number of carbonyl (C=O) groups is 1. The van der Waals surface area contributed by atoms with E-state index in [9.17, 15) is 4.79 Å². The monoisotopic (exact) mass is 224 g/mol. The highest BCUT2D eigenvalue weighted by Gasteiger charge is 2.52. The minimum absolute atomic E-state index is 0.0573. The number of carbonyl (C=O) groups excluding carboxylic acids is 1. The van der Waals surface area contributed by atoms with E-state index in [0.717, 1.165) is 24.8 Å². The van der Waals surface area contributed by atoms with Crippen molar-refractivity contribution < 1.29 is 9.53 Å². The normalized spacial score (nSPS) is 26.0. The van der Waals surface area contributed by atoms with Crippen LogP contribution in [0.1, 0.15) is 53.9 Å². The van der Waals surface area contributed by atoms with Gasteiger partial charge in [0.2, 0.25) is 0 Å². The van der Waals surface area contributed by atoms with Crippen molar-refractivity contribution in [2.24, 2.45) is 5.41 Å². The summed E-state index contributed by atoms with van der Waals surface area (Å²) in [5.74, 6) is 0.175.